The molecule has 1 aliphatic rings. The van der Waals surface area contributed by atoms with E-state index in [-0.39, 0.29) is 29.0 Å². The normalized spacial score (nSPS) is 16.7. The first-order chi connectivity index (χ1) is 15.8. The van der Waals surface area contributed by atoms with E-state index in [1.54, 1.807) is 4.57 Å². The van der Waals surface area contributed by atoms with Crippen LogP contribution >= 0.6 is 0 Å². The molecule has 0 radical (unpaired) electrons. The van der Waals surface area contributed by atoms with E-state index in [4.69, 9.17) is 4.74 Å². The van der Waals surface area contributed by atoms with Crippen molar-refractivity contribution in [2.45, 2.75) is 31.7 Å². The van der Waals surface area contributed by atoms with E-state index in [2.05, 4.69) is 9.88 Å². The zero-order chi connectivity index (χ0) is 23.4. The highest BCUT2D eigenvalue weighted by molar-refractivity contribution is 5.77. The van der Waals surface area contributed by atoms with Gasteiger partial charge in [-0.15, -0.1) is 0 Å². The molecule has 176 valence electrons. The van der Waals surface area contributed by atoms with E-state index in [1.165, 1.54) is 18.3 Å². The first-order valence-electron chi connectivity index (χ1n) is 11.0. The van der Waals surface area contributed by atoms with Crippen LogP contribution in [0.1, 0.15) is 18.5 Å². The van der Waals surface area contributed by atoms with Crippen LogP contribution in [0.5, 0.6) is 5.75 Å². The van der Waals surface area contributed by atoms with Gasteiger partial charge < -0.3 is 19.3 Å². The third-order valence-electron chi connectivity index (χ3n) is 5.94. The summed E-state index contributed by atoms with van der Waals surface area (Å²) in [6.07, 6.45) is -1.89. The number of piperidine rings is 1. The molecule has 1 N–H and O–H groups in total. The Balaban J connectivity index is 1.29. The van der Waals surface area contributed by atoms with Crippen LogP contribution in [0.15, 0.2) is 59.5 Å². The number of pyridine rings is 2. The predicted octanol–water partition coefficient (Wildman–Crippen LogP) is 3.57. The summed E-state index contributed by atoms with van der Waals surface area (Å²) in [5.74, 6) is 0.998. The molecule has 1 aromatic carbocycles. The summed E-state index contributed by atoms with van der Waals surface area (Å²) in [5, 5.41) is 10.5. The average Bonchev–Trinajstić information content (AvgIpc) is 2.81. The topological polar surface area (TPSA) is 67.6 Å². The van der Waals surface area contributed by atoms with Gasteiger partial charge >= 0.3 is 6.18 Å². The molecule has 3 heterocycles. The minimum Gasteiger partial charge on any atom is -0.491 e. The van der Waals surface area contributed by atoms with Gasteiger partial charge in [0, 0.05) is 19.3 Å². The van der Waals surface area contributed by atoms with Crippen molar-refractivity contribution in [3.63, 3.8) is 0 Å². The van der Waals surface area contributed by atoms with Crippen molar-refractivity contribution in [2.75, 3.05) is 26.2 Å². The number of alkyl halides is 3. The standard InChI is InChI=1S/C24H26F3N3O3/c25-24(26,27)22-7-6-20-21(28-22)10-13-30(23(20)32)14-17-8-11-29(12-9-17)15-18(31)16-33-19-4-2-1-3-5-19/h1-7,10,13,17-18,31H,8-9,11-12,14-16H2. The molecule has 33 heavy (non-hydrogen) atoms. The molecule has 9 heteroatoms. The third kappa shape index (κ3) is 5.91. The zero-order valence-electron chi connectivity index (χ0n) is 18.0. The van der Waals surface area contributed by atoms with Crippen LogP contribution in [-0.2, 0) is 12.7 Å². The predicted molar refractivity (Wildman–Crippen MR) is 118 cm³/mol. The number of benzene rings is 1. The lowest BCUT2D eigenvalue weighted by Crippen LogP contribution is -2.41. The van der Waals surface area contributed by atoms with Crippen molar-refractivity contribution < 1.29 is 23.0 Å². The maximum atomic E-state index is 12.9. The maximum absolute atomic E-state index is 12.9. The number of para-hydroxylation sites is 1. The van der Waals surface area contributed by atoms with Crippen LogP contribution in [0.2, 0.25) is 0 Å². The van der Waals surface area contributed by atoms with Gasteiger partial charge in [-0.05, 0) is 62.2 Å². The zero-order valence-corrected chi connectivity index (χ0v) is 18.0. The summed E-state index contributed by atoms with van der Waals surface area (Å²) in [6, 6.07) is 12.9. The number of aliphatic hydroxyl groups excluding tert-OH is 1. The molecule has 0 amide bonds. The summed E-state index contributed by atoms with van der Waals surface area (Å²) in [4.78, 5) is 18.5. The Morgan fingerprint density at radius 3 is 2.52 bits per heavy atom. The number of fused-ring (bicyclic) bond motifs is 1. The van der Waals surface area contributed by atoms with Gasteiger partial charge in [0.25, 0.3) is 5.56 Å². The van der Waals surface area contributed by atoms with Crippen LogP contribution in [-0.4, -0.2) is 51.9 Å². The van der Waals surface area contributed by atoms with Crippen molar-refractivity contribution in [1.82, 2.24) is 14.5 Å². The largest absolute Gasteiger partial charge is 0.491 e. The number of likely N-dealkylation sites (tertiary alicyclic amines) is 1. The highest BCUT2D eigenvalue weighted by Crippen LogP contribution is 2.28. The Bertz CT molecular complexity index is 1130. The van der Waals surface area contributed by atoms with Gasteiger partial charge in [0.05, 0.1) is 10.9 Å². The number of halogens is 3. The van der Waals surface area contributed by atoms with Gasteiger partial charge in [-0.3, -0.25) is 4.79 Å². The minimum atomic E-state index is -4.54. The first-order valence-corrected chi connectivity index (χ1v) is 11.0. The van der Waals surface area contributed by atoms with E-state index < -0.39 is 18.0 Å². The summed E-state index contributed by atoms with van der Waals surface area (Å²) >= 11 is 0. The van der Waals surface area contributed by atoms with Gasteiger partial charge in [0.1, 0.15) is 24.2 Å². The van der Waals surface area contributed by atoms with E-state index in [0.29, 0.717) is 13.1 Å². The lowest BCUT2D eigenvalue weighted by atomic mass is 9.96. The first kappa shape index (κ1) is 23.3. The van der Waals surface area contributed by atoms with E-state index in [9.17, 15) is 23.1 Å². The minimum absolute atomic E-state index is 0.0487. The smallest absolute Gasteiger partial charge is 0.433 e. The summed E-state index contributed by atoms with van der Waals surface area (Å²) < 4.78 is 45.7. The number of β-amino-alcohol motifs (C(OH)–C–C–N with tert-alkyl or cyclic N) is 1. The molecule has 1 fully saturated rings. The number of aliphatic hydroxyl groups is 1. The van der Waals surface area contributed by atoms with E-state index in [0.717, 1.165) is 37.7 Å². The van der Waals surface area contributed by atoms with Crippen LogP contribution in [0, 0.1) is 5.92 Å². The molecule has 1 aliphatic heterocycles. The molecule has 3 aromatic rings. The average molecular weight is 461 g/mol. The fourth-order valence-corrected chi connectivity index (χ4v) is 4.16. The van der Waals surface area contributed by atoms with Gasteiger partial charge in [0.15, 0.2) is 0 Å². The number of ether oxygens (including phenoxy) is 1. The van der Waals surface area contributed by atoms with E-state index >= 15 is 0 Å². The van der Waals surface area contributed by atoms with Gasteiger partial charge in [-0.2, -0.15) is 13.2 Å². The SMILES string of the molecule is O=c1c2ccc(C(F)(F)F)nc2ccn1CC1CCN(CC(O)COc2ccccc2)CC1. The number of hydrogen-bond donors (Lipinski definition) is 1. The Hall–Kier alpha value is -2.91. The third-order valence-corrected chi connectivity index (χ3v) is 5.94. The number of nitrogens with zero attached hydrogens (tertiary/aromatic N) is 3. The molecular weight excluding hydrogens is 435 g/mol. The lowest BCUT2D eigenvalue weighted by Gasteiger charge is -2.33. The lowest BCUT2D eigenvalue weighted by molar-refractivity contribution is -0.140. The molecule has 2 aromatic heterocycles. The summed E-state index contributed by atoms with van der Waals surface area (Å²) in [5.41, 5.74) is -1.28. The van der Waals surface area contributed by atoms with Gasteiger partial charge in [-0.25, -0.2) is 4.98 Å². The second kappa shape index (κ2) is 9.93. The summed E-state index contributed by atoms with van der Waals surface area (Å²) in [7, 11) is 0. The second-order valence-corrected chi connectivity index (χ2v) is 8.42. The van der Waals surface area contributed by atoms with Crippen LogP contribution < -0.4 is 10.3 Å². The highest BCUT2D eigenvalue weighted by Gasteiger charge is 2.32. The van der Waals surface area contributed by atoms with Crippen molar-refractivity contribution in [2.24, 2.45) is 5.92 Å². The summed E-state index contributed by atoms with van der Waals surface area (Å²) in [6.45, 7) is 2.84. The Morgan fingerprint density at radius 1 is 1.09 bits per heavy atom. The fraction of sp³-hybridized carbons (Fsp3) is 0.417. The van der Waals surface area contributed by atoms with E-state index in [1.807, 2.05) is 30.3 Å². The number of rotatable bonds is 7. The number of hydrogen-bond acceptors (Lipinski definition) is 5. The maximum Gasteiger partial charge on any atom is 0.433 e. The Labute approximate surface area is 189 Å². The monoisotopic (exact) mass is 461 g/mol. The quantitative estimate of drug-likeness (QED) is 0.583. The highest BCUT2D eigenvalue weighted by atomic mass is 19.4. The van der Waals surface area contributed by atoms with Crippen LogP contribution in [0.3, 0.4) is 0 Å². The molecule has 1 atom stereocenters. The molecule has 0 bridgehead atoms. The van der Waals surface area contributed by atoms with Crippen molar-refractivity contribution in [1.29, 1.82) is 0 Å². The van der Waals surface area contributed by atoms with Crippen molar-refractivity contribution in [3.05, 3.63) is 70.8 Å². The van der Waals surface area contributed by atoms with Gasteiger partial charge in [-0.1, -0.05) is 18.2 Å². The molecule has 1 unspecified atom stereocenters. The van der Waals surface area contributed by atoms with Crippen LogP contribution in [0.4, 0.5) is 13.2 Å². The molecule has 4 rings (SSSR count). The Kier molecular flexibility index (Phi) is 6.99. The van der Waals surface area contributed by atoms with Crippen LogP contribution in [0.25, 0.3) is 10.9 Å². The molecule has 1 saturated heterocycles. The molecule has 0 aliphatic carbocycles. The molecule has 6 nitrogen and oxygen atoms in total. The van der Waals surface area contributed by atoms with Crippen molar-refractivity contribution >= 4 is 10.9 Å². The fourth-order valence-electron chi connectivity index (χ4n) is 4.16. The second-order valence-electron chi connectivity index (χ2n) is 8.42. The number of aromatic nitrogens is 2. The molecular formula is C24H26F3N3O3. The molecule has 0 spiro atoms. The molecule has 0 saturated carbocycles. The van der Waals surface area contributed by atoms with Crippen molar-refractivity contribution in [3.8, 4) is 5.75 Å². The van der Waals surface area contributed by atoms with Gasteiger partial charge in [0.2, 0.25) is 0 Å². The Morgan fingerprint density at radius 2 is 1.82 bits per heavy atom.